The van der Waals surface area contributed by atoms with Gasteiger partial charge in [-0.1, -0.05) is 23.2 Å². The molecule has 5 nitrogen and oxygen atoms in total. The lowest BCUT2D eigenvalue weighted by atomic mass is 10.1. The van der Waals surface area contributed by atoms with Gasteiger partial charge in [0.1, 0.15) is 11.5 Å². The molecule has 128 valence electrons. The normalized spacial score (nSPS) is 15.1. The number of ether oxygens (including phenoxy) is 3. The van der Waals surface area contributed by atoms with E-state index in [4.69, 9.17) is 37.4 Å². The van der Waals surface area contributed by atoms with Gasteiger partial charge in [0, 0.05) is 11.1 Å². The number of rotatable bonds is 4. The molecule has 3 rings (SSSR count). The fourth-order valence-corrected chi connectivity index (χ4v) is 2.56. The summed E-state index contributed by atoms with van der Waals surface area (Å²) >= 11 is 11.9. The highest BCUT2D eigenvalue weighted by Crippen LogP contribution is 2.29. The van der Waals surface area contributed by atoms with Crippen LogP contribution in [0, 0.1) is 0 Å². The molecular formula is C18H13Cl2NO4. The van der Waals surface area contributed by atoms with E-state index in [0.29, 0.717) is 32.7 Å². The summed E-state index contributed by atoms with van der Waals surface area (Å²) in [5, 5.41) is 0.761. The number of nitrogens with zero attached hydrogens (tertiary/aromatic N) is 1. The minimum Gasteiger partial charge on any atom is -0.497 e. The van der Waals surface area contributed by atoms with Gasteiger partial charge in [0.25, 0.3) is 0 Å². The lowest BCUT2D eigenvalue weighted by Crippen LogP contribution is -2.05. The Bertz CT molecular complexity index is 906. The molecule has 1 aliphatic heterocycles. The smallest absolute Gasteiger partial charge is 0.363 e. The molecule has 0 aromatic heterocycles. The van der Waals surface area contributed by atoms with Gasteiger partial charge in [-0.3, -0.25) is 0 Å². The number of cyclic esters (lactones) is 1. The molecule has 0 spiro atoms. The number of carbonyl (C=O) groups excluding carboxylic acids is 1. The SMILES string of the molecule is COc1ccc(OC)c(/C=C2\N=C(c3ccc(Cl)c(Cl)c3)OC2=O)c1. The van der Waals surface area contributed by atoms with E-state index in [9.17, 15) is 4.79 Å². The van der Waals surface area contributed by atoms with E-state index < -0.39 is 5.97 Å². The maximum Gasteiger partial charge on any atom is 0.363 e. The van der Waals surface area contributed by atoms with Crippen molar-refractivity contribution in [2.75, 3.05) is 14.2 Å². The van der Waals surface area contributed by atoms with Gasteiger partial charge in [-0.05, 0) is 42.5 Å². The van der Waals surface area contributed by atoms with Crippen molar-refractivity contribution in [1.29, 1.82) is 0 Å². The highest BCUT2D eigenvalue weighted by molar-refractivity contribution is 6.42. The first-order valence-electron chi connectivity index (χ1n) is 7.22. The Balaban J connectivity index is 2.00. The topological polar surface area (TPSA) is 57.1 Å². The average molecular weight is 378 g/mol. The Kier molecular flexibility index (Phi) is 4.97. The van der Waals surface area contributed by atoms with Crippen molar-refractivity contribution in [2.24, 2.45) is 4.99 Å². The predicted molar refractivity (Wildman–Crippen MR) is 96.6 cm³/mol. The highest BCUT2D eigenvalue weighted by Gasteiger charge is 2.25. The van der Waals surface area contributed by atoms with Crippen molar-refractivity contribution in [3.63, 3.8) is 0 Å². The van der Waals surface area contributed by atoms with Crippen molar-refractivity contribution in [3.05, 3.63) is 63.3 Å². The molecule has 7 heteroatoms. The molecular weight excluding hydrogens is 365 g/mol. The Labute approximate surface area is 154 Å². The molecule has 1 heterocycles. The summed E-state index contributed by atoms with van der Waals surface area (Å²) in [4.78, 5) is 16.4. The molecule has 0 saturated heterocycles. The Hall–Kier alpha value is -2.50. The van der Waals surface area contributed by atoms with Crippen molar-refractivity contribution in [3.8, 4) is 11.5 Å². The largest absolute Gasteiger partial charge is 0.497 e. The van der Waals surface area contributed by atoms with Crippen LogP contribution in [0.1, 0.15) is 11.1 Å². The van der Waals surface area contributed by atoms with Crippen molar-refractivity contribution in [2.45, 2.75) is 0 Å². The molecule has 0 fully saturated rings. The van der Waals surface area contributed by atoms with Crippen molar-refractivity contribution >= 4 is 41.1 Å². The molecule has 0 unspecified atom stereocenters. The molecule has 0 bridgehead atoms. The van der Waals surface area contributed by atoms with Crippen LogP contribution < -0.4 is 9.47 Å². The van der Waals surface area contributed by atoms with Crippen LogP contribution in [0.25, 0.3) is 6.08 Å². The van der Waals surface area contributed by atoms with Gasteiger partial charge in [-0.2, -0.15) is 0 Å². The number of esters is 1. The summed E-state index contributed by atoms with van der Waals surface area (Å²) in [6, 6.07) is 10.1. The summed E-state index contributed by atoms with van der Waals surface area (Å²) in [5.41, 5.74) is 1.35. The fraction of sp³-hybridized carbons (Fsp3) is 0.111. The lowest BCUT2D eigenvalue weighted by molar-refractivity contribution is -0.129. The first-order chi connectivity index (χ1) is 12.0. The Morgan fingerprint density at radius 2 is 1.84 bits per heavy atom. The number of hydrogen-bond donors (Lipinski definition) is 0. The Morgan fingerprint density at radius 3 is 2.52 bits per heavy atom. The average Bonchev–Trinajstić information content (AvgIpc) is 2.98. The van der Waals surface area contributed by atoms with Gasteiger partial charge < -0.3 is 14.2 Å². The molecule has 0 saturated carbocycles. The third-order valence-corrected chi connectivity index (χ3v) is 4.26. The van der Waals surface area contributed by atoms with Crippen LogP contribution in [0.15, 0.2) is 47.1 Å². The summed E-state index contributed by atoms with van der Waals surface area (Å²) in [6.45, 7) is 0. The van der Waals surface area contributed by atoms with E-state index in [-0.39, 0.29) is 11.6 Å². The number of halogens is 2. The first kappa shape index (κ1) is 17.3. The second kappa shape index (κ2) is 7.17. The summed E-state index contributed by atoms with van der Waals surface area (Å²) < 4.78 is 15.7. The quantitative estimate of drug-likeness (QED) is 0.586. The Morgan fingerprint density at radius 1 is 1.04 bits per heavy atom. The van der Waals surface area contributed by atoms with Gasteiger partial charge in [-0.25, -0.2) is 9.79 Å². The van der Waals surface area contributed by atoms with Crippen LogP contribution in [0.2, 0.25) is 10.0 Å². The standard InChI is InChI=1S/C18H13Cl2NO4/c1-23-12-4-6-16(24-2)11(7-12)9-15-18(22)25-17(21-15)10-3-5-13(19)14(20)8-10/h3-9H,1-2H3/b15-9-. The third kappa shape index (κ3) is 3.62. The number of aliphatic imine (C=N–C) groups is 1. The zero-order valence-electron chi connectivity index (χ0n) is 13.4. The molecule has 0 aliphatic carbocycles. The minimum absolute atomic E-state index is 0.146. The second-order valence-corrected chi connectivity index (χ2v) is 5.89. The predicted octanol–water partition coefficient (Wildman–Crippen LogP) is 4.36. The maximum atomic E-state index is 12.1. The number of benzene rings is 2. The zero-order valence-corrected chi connectivity index (χ0v) is 14.9. The van der Waals surface area contributed by atoms with E-state index in [1.807, 2.05) is 0 Å². The number of carbonyl (C=O) groups is 1. The minimum atomic E-state index is -0.564. The lowest BCUT2D eigenvalue weighted by Gasteiger charge is -2.07. The molecule has 0 amide bonds. The van der Waals surface area contributed by atoms with Gasteiger partial charge >= 0.3 is 5.97 Å². The fourth-order valence-electron chi connectivity index (χ4n) is 2.26. The maximum absolute atomic E-state index is 12.1. The number of hydrogen-bond acceptors (Lipinski definition) is 5. The summed E-state index contributed by atoms with van der Waals surface area (Å²) in [6.07, 6.45) is 1.58. The third-order valence-electron chi connectivity index (χ3n) is 3.52. The van der Waals surface area contributed by atoms with E-state index in [2.05, 4.69) is 4.99 Å². The van der Waals surface area contributed by atoms with E-state index in [1.165, 1.54) is 0 Å². The highest BCUT2D eigenvalue weighted by atomic mass is 35.5. The number of methoxy groups -OCH3 is 2. The van der Waals surface area contributed by atoms with Crippen LogP contribution in [-0.2, 0) is 9.53 Å². The van der Waals surface area contributed by atoms with Crippen molar-refractivity contribution < 1.29 is 19.0 Å². The first-order valence-corrected chi connectivity index (χ1v) is 7.97. The second-order valence-electron chi connectivity index (χ2n) is 5.07. The molecule has 2 aromatic carbocycles. The monoisotopic (exact) mass is 377 g/mol. The van der Waals surface area contributed by atoms with E-state index in [0.717, 1.165) is 0 Å². The summed E-state index contributed by atoms with van der Waals surface area (Å²) in [7, 11) is 3.10. The molecule has 1 aliphatic rings. The molecule has 0 N–H and O–H groups in total. The molecule has 25 heavy (non-hydrogen) atoms. The van der Waals surface area contributed by atoms with Crippen LogP contribution in [0.4, 0.5) is 0 Å². The zero-order chi connectivity index (χ0) is 18.0. The van der Waals surface area contributed by atoms with Gasteiger partial charge in [0.15, 0.2) is 5.70 Å². The summed E-state index contributed by atoms with van der Waals surface area (Å²) in [5.74, 6) is 0.814. The van der Waals surface area contributed by atoms with Gasteiger partial charge in [-0.15, -0.1) is 0 Å². The van der Waals surface area contributed by atoms with Gasteiger partial charge in [0.05, 0.1) is 24.3 Å². The van der Waals surface area contributed by atoms with Crippen LogP contribution in [-0.4, -0.2) is 26.1 Å². The molecule has 0 radical (unpaired) electrons. The van der Waals surface area contributed by atoms with Crippen LogP contribution >= 0.6 is 23.2 Å². The van der Waals surface area contributed by atoms with E-state index >= 15 is 0 Å². The van der Waals surface area contributed by atoms with E-state index in [1.54, 1.807) is 56.7 Å². The van der Waals surface area contributed by atoms with Crippen LogP contribution in [0.5, 0.6) is 11.5 Å². The molecule has 0 atom stereocenters. The van der Waals surface area contributed by atoms with Gasteiger partial charge in [0.2, 0.25) is 5.90 Å². The molecule has 2 aromatic rings. The van der Waals surface area contributed by atoms with Crippen LogP contribution in [0.3, 0.4) is 0 Å². The van der Waals surface area contributed by atoms with Crippen molar-refractivity contribution in [1.82, 2.24) is 0 Å².